The van der Waals surface area contributed by atoms with Gasteiger partial charge < -0.3 is 4.98 Å². The lowest BCUT2D eigenvalue weighted by molar-refractivity contribution is 0.120. The summed E-state index contributed by atoms with van der Waals surface area (Å²) < 4.78 is 0. The minimum Gasteiger partial charge on any atom is -0.309 e. The summed E-state index contributed by atoms with van der Waals surface area (Å²) in [6.07, 6.45) is 0. The second-order valence-corrected chi connectivity index (χ2v) is 9.23. The van der Waals surface area contributed by atoms with Crippen molar-refractivity contribution in [1.29, 1.82) is 0 Å². The molecule has 0 amide bonds. The molecule has 1 saturated heterocycles. The number of nitrogens with zero attached hydrogens (tertiary/aromatic N) is 3. The van der Waals surface area contributed by atoms with Gasteiger partial charge >= 0.3 is 0 Å². The Labute approximate surface area is 177 Å². The van der Waals surface area contributed by atoms with Crippen LogP contribution < -0.4 is 5.56 Å². The molecule has 0 saturated carbocycles. The van der Waals surface area contributed by atoms with Gasteiger partial charge in [-0.2, -0.15) is 0 Å². The van der Waals surface area contributed by atoms with Gasteiger partial charge in [0.05, 0.1) is 11.9 Å². The van der Waals surface area contributed by atoms with Gasteiger partial charge in [-0.25, -0.2) is 4.98 Å². The van der Waals surface area contributed by atoms with E-state index in [9.17, 15) is 4.79 Å². The van der Waals surface area contributed by atoms with Crippen molar-refractivity contribution in [2.45, 2.75) is 13.1 Å². The first-order valence-electron chi connectivity index (χ1n) is 9.79. The van der Waals surface area contributed by atoms with Crippen LogP contribution in [0.4, 0.5) is 0 Å². The molecule has 0 radical (unpaired) electrons. The number of piperazine rings is 1. The number of thiophene rings is 2. The van der Waals surface area contributed by atoms with E-state index in [1.165, 1.54) is 4.88 Å². The molecule has 7 heteroatoms. The molecule has 1 fully saturated rings. The van der Waals surface area contributed by atoms with Gasteiger partial charge in [0.1, 0.15) is 10.7 Å². The van der Waals surface area contributed by atoms with Crippen LogP contribution in [0.3, 0.4) is 0 Å². The zero-order valence-electron chi connectivity index (χ0n) is 16.0. The van der Waals surface area contributed by atoms with Gasteiger partial charge in [-0.1, -0.05) is 36.4 Å². The van der Waals surface area contributed by atoms with E-state index in [1.54, 1.807) is 11.3 Å². The van der Waals surface area contributed by atoms with Crippen molar-refractivity contribution >= 4 is 32.9 Å². The lowest BCUT2D eigenvalue weighted by Gasteiger charge is -2.34. The summed E-state index contributed by atoms with van der Waals surface area (Å²) in [5, 5.41) is 4.87. The van der Waals surface area contributed by atoms with E-state index in [2.05, 4.69) is 32.3 Å². The SMILES string of the molecule is O=c1[nH]c(CN2CCN(Cc3cccs3)CC2)nc2scc(-c3ccccc3)c12. The molecule has 0 atom stereocenters. The van der Waals surface area contributed by atoms with Gasteiger partial charge in [-0.3, -0.25) is 14.6 Å². The van der Waals surface area contributed by atoms with E-state index in [4.69, 9.17) is 4.98 Å². The number of aromatic amines is 1. The van der Waals surface area contributed by atoms with Gasteiger partial charge in [-0.15, -0.1) is 22.7 Å². The normalized spacial score (nSPS) is 15.9. The standard InChI is InChI=1S/C22H22N4OS2/c27-21-20-18(16-5-2-1-3-6-16)15-29-22(20)24-19(23-21)14-26-10-8-25(9-11-26)13-17-7-4-12-28-17/h1-7,12,15H,8-11,13-14H2,(H,23,24,27). The maximum Gasteiger partial charge on any atom is 0.260 e. The molecule has 1 aromatic carbocycles. The highest BCUT2D eigenvalue weighted by atomic mass is 32.1. The second-order valence-electron chi connectivity index (χ2n) is 7.34. The summed E-state index contributed by atoms with van der Waals surface area (Å²) in [6.45, 7) is 5.79. The van der Waals surface area contributed by atoms with Crippen molar-refractivity contribution in [2.75, 3.05) is 26.2 Å². The maximum absolute atomic E-state index is 12.8. The van der Waals surface area contributed by atoms with Crippen molar-refractivity contribution in [3.05, 3.63) is 74.3 Å². The molecule has 0 aliphatic carbocycles. The van der Waals surface area contributed by atoms with Gasteiger partial charge in [0.25, 0.3) is 5.56 Å². The predicted octanol–water partition coefficient (Wildman–Crippen LogP) is 4.03. The number of H-pyrrole nitrogens is 1. The molecule has 1 aliphatic rings. The predicted molar refractivity (Wildman–Crippen MR) is 121 cm³/mol. The Morgan fingerprint density at radius 3 is 2.41 bits per heavy atom. The van der Waals surface area contributed by atoms with Crippen LogP contribution in [0, 0.1) is 0 Å². The minimum absolute atomic E-state index is 0.0403. The summed E-state index contributed by atoms with van der Waals surface area (Å²) >= 11 is 3.36. The first-order valence-corrected chi connectivity index (χ1v) is 11.5. The molecule has 29 heavy (non-hydrogen) atoms. The average Bonchev–Trinajstić information content (AvgIpc) is 3.40. The molecular formula is C22H22N4OS2. The third-order valence-corrected chi connectivity index (χ3v) is 7.11. The van der Waals surface area contributed by atoms with Crippen molar-refractivity contribution in [3.8, 4) is 11.1 Å². The van der Waals surface area contributed by atoms with Gasteiger partial charge in [-0.05, 0) is 17.0 Å². The summed E-state index contributed by atoms with van der Waals surface area (Å²) in [5.41, 5.74) is 1.98. The second kappa shape index (κ2) is 8.20. The summed E-state index contributed by atoms with van der Waals surface area (Å²) in [5.74, 6) is 0.760. The number of rotatable bonds is 5. The fourth-order valence-electron chi connectivity index (χ4n) is 3.84. The molecule has 4 aromatic rings. The molecule has 0 spiro atoms. The highest BCUT2D eigenvalue weighted by molar-refractivity contribution is 7.17. The maximum atomic E-state index is 12.8. The average molecular weight is 423 g/mol. The number of hydrogen-bond donors (Lipinski definition) is 1. The summed E-state index contributed by atoms with van der Waals surface area (Å²) in [4.78, 5) is 27.7. The Morgan fingerprint density at radius 1 is 0.931 bits per heavy atom. The van der Waals surface area contributed by atoms with E-state index in [1.807, 2.05) is 47.0 Å². The molecule has 5 rings (SSSR count). The third-order valence-electron chi connectivity index (χ3n) is 5.38. The fraction of sp³-hybridized carbons (Fsp3) is 0.273. The molecule has 0 bridgehead atoms. The van der Waals surface area contributed by atoms with Crippen LogP contribution in [0.2, 0.25) is 0 Å². The monoisotopic (exact) mass is 422 g/mol. The third kappa shape index (κ3) is 4.04. The molecule has 0 unspecified atom stereocenters. The van der Waals surface area contributed by atoms with Crippen LogP contribution in [-0.4, -0.2) is 45.9 Å². The smallest absolute Gasteiger partial charge is 0.260 e. The quantitative estimate of drug-likeness (QED) is 0.528. The van der Waals surface area contributed by atoms with Crippen molar-refractivity contribution in [3.63, 3.8) is 0 Å². The lowest BCUT2D eigenvalue weighted by Crippen LogP contribution is -2.45. The molecule has 3 aromatic heterocycles. The van der Waals surface area contributed by atoms with Gasteiger partial charge in [0.2, 0.25) is 0 Å². The number of fused-ring (bicyclic) bond motifs is 1. The first-order chi connectivity index (χ1) is 14.3. The molecule has 148 valence electrons. The van der Waals surface area contributed by atoms with E-state index in [0.717, 1.165) is 54.5 Å². The zero-order valence-corrected chi connectivity index (χ0v) is 17.6. The van der Waals surface area contributed by atoms with E-state index >= 15 is 0 Å². The van der Waals surface area contributed by atoms with Gasteiger partial charge in [0, 0.05) is 48.5 Å². The number of nitrogens with one attached hydrogen (secondary N) is 1. The van der Waals surface area contributed by atoms with Crippen molar-refractivity contribution in [2.24, 2.45) is 0 Å². The number of aromatic nitrogens is 2. The molecular weight excluding hydrogens is 400 g/mol. The van der Waals surface area contributed by atoms with E-state index < -0.39 is 0 Å². The summed E-state index contributed by atoms with van der Waals surface area (Å²) in [6, 6.07) is 14.3. The topological polar surface area (TPSA) is 52.2 Å². The largest absolute Gasteiger partial charge is 0.309 e. The first kappa shape index (κ1) is 18.7. The Morgan fingerprint density at radius 2 is 1.69 bits per heavy atom. The molecule has 4 heterocycles. The molecule has 1 N–H and O–H groups in total. The minimum atomic E-state index is -0.0403. The zero-order chi connectivity index (χ0) is 19.6. The highest BCUT2D eigenvalue weighted by Crippen LogP contribution is 2.30. The van der Waals surface area contributed by atoms with Crippen LogP contribution in [-0.2, 0) is 13.1 Å². The Hall–Kier alpha value is -2.32. The van der Waals surface area contributed by atoms with Crippen molar-refractivity contribution < 1.29 is 0 Å². The Bertz CT molecular complexity index is 1140. The lowest BCUT2D eigenvalue weighted by atomic mass is 10.1. The van der Waals surface area contributed by atoms with Crippen LogP contribution in [0.1, 0.15) is 10.7 Å². The number of hydrogen-bond acceptors (Lipinski definition) is 6. The van der Waals surface area contributed by atoms with E-state index in [0.29, 0.717) is 11.9 Å². The van der Waals surface area contributed by atoms with Crippen molar-refractivity contribution in [1.82, 2.24) is 19.8 Å². The van der Waals surface area contributed by atoms with Gasteiger partial charge in [0.15, 0.2) is 0 Å². The molecule has 5 nitrogen and oxygen atoms in total. The van der Waals surface area contributed by atoms with Crippen LogP contribution >= 0.6 is 22.7 Å². The highest BCUT2D eigenvalue weighted by Gasteiger charge is 2.19. The van der Waals surface area contributed by atoms with Crippen LogP contribution in [0.5, 0.6) is 0 Å². The summed E-state index contributed by atoms with van der Waals surface area (Å²) in [7, 11) is 0. The molecule has 1 aliphatic heterocycles. The Kier molecular flexibility index (Phi) is 5.28. The van der Waals surface area contributed by atoms with E-state index in [-0.39, 0.29) is 5.56 Å². The number of benzene rings is 1. The fourth-order valence-corrected chi connectivity index (χ4v) is 5.55. The Balaban J connectivity index is 1.29. The van der Waals surface area contributed by atoms with Crippen LogP contribution in [0.15, 0.2) is 58.0 Å². The van der Waals surface area contributed by atoms with Crippen LogP contribution in [0.25, 0.3) is 21.3 Å².